The quantitative estimate of drug-likeness (QED) is 0.741. The van der Waals surface area contributed by atoms with Crippen molar-refractivity contribution in [3.8, 4) is 0 Å². The molecule has 0 unspecified atom stereocenters. The number of halogens is 1. The molecular weight excluding hydrogens is 354 g/mol. The average molecular weight is 374 g/mol. The Labute approximate surface area is 156 Å². The standard InChI is InChI=1S/C18H20ClN5O2/c1-22-16(25)10-13(11-20-22)23-5-7-24(8-6-23)18(26)14-9-12-3-2-4-15(12)21-17(14)19/h9-11H,2-8H2,1H3. The van der Waals surface area contributed by atoms with Gasteiger partial charge >= 0.3 is 0 Å². The molecule has 3 heterocycles. The normalized spacial score (nSPS) is 16.7. The molecule has 0 saturated carbocycles. The first-order valence-corrected chi connectivity index (χ1v) is 9.16. The van der Waals surface area contributed by atoms with Gasteiger partial charge in [0, 0.05) is 45.0 Å². The van der Waals surface area contributed by atoms with Crippen LogP contribution in [0, 0.1) is 0 Å². The number of aryl methyl sites for hydroxylation is 3. The first kappa shape index (κ1) is 17.0. The maximum Gasteiger partial charge on any atom is 0.268 e. The molecule has 26 heavy (non-hydrogen) atoms. The van der Waals surface area contributed by atoms with Crippen LogP contribution in [0.3, 0.4) is 0 Å². The Balaban J connectivity index is 1.47. The molecule has 1 aliphatic heterocycles. The highest BCUT2D eigenvalue weighted by Crippen LogP contribution is 2.26. The lowest BCUT2D eigenvalue weighted by Gasteiger charge is -2.36. The van der Waals surface area contributed by atoms with Crippen LogP contribution < -0.4 is 10.5 Å². The average Bonchev–Trinajstić information content (AvgIpc) is 3.10. The number of fused-ring (bicyclic) bond motifs is 1. The maximum atomic E-state index is 12.9. The third-order valence-corrected chi connectivity index (χ3v) is 5.41. The van der Waals surface area contributed by atoms with E-state index in [1.54, 1.807) is 24.2 Å². The summed E-state index contributed by atoms with van der Waals surface area (Å²) in [5.41, 5.74) is 3.31. The van der Waals surface area contributed by atoms with Crippen molar-refractivity contribution >= 4 is 23.2 Å². The fourth-order valence-electron chi connectivity index (χ4n) is 3.57. The molecule has 0 spiro atoms. The van der Waals surface area contributed by atoms with E-state index in [1.807, 2.05) is 6.07 Å². The molecule has 1 fully saturated rings. The van der Waals surface area contributed by atoms with Crippen LogP contribution in [0.1, 0.15) is 28.0 Å². The van der Waals surface area contributed by atoms with E-state index in [2.05, 4.69) is 15.0 Å². The van der Waals surface area contributed by atoms with Crippen molar-refractivity contribution < 1.29 is 4.79 Å². The van der Waals surface area contributed by atoms with E-state index >= 15 is 0 Å². The molecule has 1 amide bonds. The lowest BCUT2D eigenvalue weighted by atomic mass is 10.1. The van der Waals surface area contributed by atoms with E-state index < -0.39 is 0 Å². The van der Waals surface area contributed by atoms with Gasteiger partial charge in [-0.1, -0.05) is 11.6 Å². The van der Waals surface area contributed by atoms with Crippen LogP contribution in [-0.2, 0) is 19.9 Å². The highest BCUT2D eigenvalue weighted by molar-refractivity contribution is 6.32. The molecule has 2 aromatic rings. The summed E-state index contributed by atoms with van der Waals surface area (Å²) in [5.74, 6) is -0.0704. The second-order valence-electron chi connectivity index (χ2n) is 6.74. The minimum absolute atomic E-state index is 0.0704. The second kappa shape index (κ2) is 6.72. The van der Waals surface area contributed by atoms with Crippen LogP contribution in [0.2, 0.25) is 5.15 Å². The Morgan fingerprint density at radius 3 is 2.65 bits per heavy atom. The third-order valence-electron chi connectivity index (χ3n) is 5.12. The van der Waals surface area contributed by atoms with Gasteiger partial charge < -0.3 is 9.80 Å². The third kappa shape index (κ3) is 3.07. The molecule has 136 valence electrons. The summed E-state index contributed by atoms with van der Waals surface area (Å²) in [5, 5.41) is 4.36. The number of anilines is 1. The fourth-order valence-corrected chi connectivity index (χ4v) is 3.81. The predicted octanol–water partition coefficient (Wildman–Crippen LogP) is 1.28. The van der Waals surface area contributed by atoms with Crippen molar-refractivity contribution in [2.45, 2.75) is 19.3 Å². The van der Waals surface area contributed by atoms with Crippen molar-refractivity contribution in [1.29, 1.82) is 0 Å². The highest BCUT2D eigenvalue weighted by Gasteiger charge is 2.26. The van der Waals surface area contributed by atoms with Gasteiger partial charge in [-0.25, -0.2) is 9.67 Å². The van der Waals surface area contributed by atoms with Crippen LogP contribution >= 0.6 is 11.6 Å². The molecule has 0 N–H and O–H groups in total. The molecule has 0 aromatic carbocycles. The maximum absolute atomic E-state index is 12.9. The van der Waals surface area contributed by atoms with Gasteiger partial charge in [-0.3, -0.25) is 9.59 Å². The fraction of sp³-hybridized carbons (Fsp3) is 0.444. The lowest BCUT2D eigenvalue weighted by molar-refractivity contribution is 0.0746. The topological polar surface area (TPSA) is 71.3 Å². The Kier molecular flexibility index (Phi) is 4.40. The number of carbonyl (C=O) groups excluding carboxylic acids is 1. The zero-order valence-corrected chi connectivity index (χ0v) is 15.4. The van der Waals surface area contributed by atoms with Crippen LogP contribution in [0.4, 0.5) is 5.69 Å². The molecule has 8 heteroatoms. The zero-order chi connectivity index (χ0) is 18.3. The van der Waals surface area contributed by atoms with E-state index in [9.17, 15) is 9.59 Å². The van der Waals surface area contributed by atoms with E-state index in [0.29, 0.717) is 36.9 Å². The number of aromatic nitrogens is 3. The molecule has 2 aromatic heterocycles. The molecular formula is C18H20ClN5O2. The number of hydrogen-bond donors (Lipinski definition) is 0. The minimum Gasteiger partial charge on any atom is -0.367 e. The lowest BCUT2D eigenvalue weighted by Crippen LogP contribution is -2.49. The molecule has 0 atom stereocenters. The van der Waals surface area contributed by atoms with Gasteiger partial charge in [0.2, 0.25) is 0 Å². The molecule has 0 bridgehead atoms. The van der Waals surface area contributed by atoms with Gasteiger partial charge in [0.05, 0.1) is 17.4 Å². The minimum atomic E-state index is -0.142. The molecule has 2 aliphatic rings. The van der Waals surface area contributed by atoms with Crippen LogP contribution in [0.5, 0.6) is 0 Å². The van der Waals surface area contributed by atoms with Crippen LogP contribution in [-0.4, -0.2) is 51.8 Å². The van der Waals surface area contributed by atoms with E-state index in [0.717, 1.165) is 36.2 Å². The molecule has 1 saturated heterocycles. The SMILES string of the molecule is Cn1ncc(N2CCN(C(=O)c3cc4c(nc3Cl)CCC4)CC2)cc1=O. The Hall–Kier alpha value is -2.41. The molecule has 1 aliphatic carbocycles. The van der Waals surface area contributed by atoms with Crippen molar-refractivity contribution in [1.82, 2.24) is 19.7 Å². The summed E-state index contributed by atoms with van der Waals surface area (Å²) in [7, 11) is 1.62. The summed E-state index contributed by atoms with van der Waals surface area (Å²) in [6.07, 6.45) is 4.65. The Bertz CT molecular complexity index is 918. The second-order valence-corrected chi connectivity index (χ2v) is 7.10. The van der Waals surface area contributed by atoms with Crippen molar-refractivity contribution in [2.75, 3.05) is 31.1 Å². The number of pyridine rings is 1. The van der Waals surface area contributed by atoms with Crippen LogP contribution in [0.15, 0.2) is 23.1 Å². The van der Waals surface area contributed by atoms with Gasteiger partial charge in [-0.15, -0.1) is 0 Å². The Morgan fingerprint density at radius 2 is 1.92 bits per heavy atom. The van der Waals surface area contributed by atoms with Crippen molar-refractivity contribution in [3.63, 3.8) is 0 Å². The van der Waals surface area contributed by atoms with Gasteiger partial charge in [-0.2, -0.15) is 5.10 Å². The molecule has 7 nitrogen and oxygen atoms in total. The highest BCUT2D eigenvalue weighted by atomic mass is 35.5. The number of rotatable bonds is 2. The predicted molar refractivity (Wildman–Crippen MR) is 98.9 cm³/mol. The summed E-state index contributed by atoms with van der Waals surface area (Å²) in [6, 6.07) is 3.49. The number of nitrogens with zero attached hydrogens (tertiary/aromatic N) is 5. The Morgan fingerprint density at radius 1 is 1.15 bits per heavy atom. The molecule has 0 radical (unpaired) electrons. The van der Waals surface area contributed by atoms with Crippen molar-refractivity contribution in [3.05, 3.63) is 50.7 Å². The number of amides is 1. The van der Waals surface area contributed by atoms with E-state index in [-0.39, 0.29) is 11.5 Å². The summed E-state index contributed by atoms with van der Waals surface area (Å²) < 4.78 is 1.30. The largest absolute Gasteiger partial charge is 0.367 e. The summed E-state index contributed by atoms with van der Waals surface area (Å²) in [6.45, 7) is 2.44. The summed E-state index contributed by atoms with van der Waals surface area (Å²) >= 11 is 6.26. The zero-order valence-electron chi connectivity index (χ0n) is 14.6. The number of piperazine rings is 1. The molecule has 4 rings (SSSR count). The first-order valence-electron chi connectivity index (χ1n) is 8.79. The van der Waals surface area contributed by atoms with Crippen LogP contribution in [0.25, 0.3) is 0 Å². The van der Waals surface area contributed by atoms with E-state index in [1.165, 1.54) is 4.68 Å². The first-order chi connectivity index (χ1) is 12.5. The van der Waals surface area contributed by atoms with Gasteiger partial charge in [0.25, 0.3) is 11.5 Å². The van der Waals surface area contributed by atoms with E-state index in [4.69, 9.17) is 11.6 Å². The van der Waals surface area contributed by atoms with Gasteiger partial charge in [-0.05, 0) is 30.9 Å². The smallest absolute Gasteiger partial charge is 0.268 e. The summed E-state index contributed by atoms with van der Waals surface area (Å²) in [4.78, 5) is 32.9. The monoisotopic (exact) mass is 373 g/mol. The van der Waals surface area contributed by atoms with Crippen molar-refractivity contribution in [2.24, 2.45) is 7.05 Å². The van der Waals surface area contributed by atoms with Gasteiger partial charge in [0.1, 0.15) is 5.15 Å². The van der Waals surface area contributed by atoms with Gasteiger partial charge in [0.15, 0.2) is 0 Å². The number of hydrogen-bond acceptors (Lipinski definition) is 5. The number of carbonyl (C=O) groups is 1.